The number of carbonyl (C=O) groups is 3. The first-order valence-electron chi connectivity index (χ1n) is 8.53. The van der Waals surface area contributed by atoms with Crippen molar-refractivity contribution in [3.05, 3.63) is 57.6 Å². The van der Waals surface area contributed by atoms with Gasteiger partial charge >= 0.3 is 6.03 Å². The molecule has 3 rings (SSSR count). The van der Waals surface area contributed by atoms with Gasteiger partial charge in [-0.1, -0.05) is 23.2 Å². The van der Waals surface area contributed by atoms with Crippen LogP contribution in [0.15, 0.2) is 42.0 Å². The molecule has 29 heavy (non-hydrogen) atoms. The van der Waals surface area contributed by atoms with E-state index >= 15 is 0 Å². The second kappa shape index (κ2) is 8.55. The molecule has 0 aliphatic carbocycles. The summed E-state index contributed by atoms with van der Waals surface area (Å²) in [7, 11) is 1.52. The zero-order chi connectivity index (χ0) is 21.1. The van der Waals surface area contributed by atoms with Crippen LogP contribution in [0.25, 0.3) is 6.08 Å². The topological polar surface area (TPSA) is 84.9 Å². The molecule has 0 bridgehead atoms. The first-order chi connectivity index (χ1) is 13.8. The molecule has 2 aromatic carbocycles. The number of hydrogen-bond acceptors (Lipinski definition) is 5. The highest BCUT2D eigenvalue weighted by atomic mass is 35.5. The molecule has 4 amide bonds. The Morgan fingerprint density at radius 1 is 1.07 bits per heavy atom. The van der Waals surface area contributed by atoms with E-state index in [0.717, 1.165) is 4.90 Å². The molecule has 9 heteroatoms. The predicted molar refractivity (Wildman–Crippen MR) is 110 cm³/mol. The van der Waals surface area contributed by atoms with Crippen molar-refractivity contribution in [2.24, 2.45) is 0 Å². The summed E-state index contributed by atoms with van der Waals surface area (Å²) in [5.41, 5.74) is 0.427. The number of imide groups is 2. The molecule has 2 aromatic rings. The van der Waals surface area contributed by atoms with E-state index in [1.807, 2.05) is 0 Å². The van der Waals surface area contributed by atoms with Gasteiger partial charge in [-0.15, -0.1) is 0 Å². The van der Waals surface area contributed by atoms with E-state index in [4.69, 9.17) is 32.7 Å². The maximum absolute atomic E-state index is 13.0. The average molecular weight is 435 g/mol. The fraction of sp³-hybridized carbons (Fsp3) is 0.150. The smallest absolute Gasteiger partial charge is 0.335 e. The zero-order valence-corrected chi connectivity index (χ0v) is 17.0. The van der Waals surface area contributed by atoms with Crippen molar-refractivity contribution in [2.75, 3.05) is 18.6 Å². The molecule has 0 atom stereocenters. The lowest BCUT2D eigenvalue weighted by atomic mass is 10.1. The number of urea groups is 1. The fourth-order valence-electron chi connectivity index (χ4n) is 2.71. The highest BCUT2D eigenvalue weighted by Crippen LogP contribution is 2.31. The number of nitrogens with zero attached hydrogens (tertiary/aromatic N) is 1. The van der Waals surface area contributed by atoms with Crippen molar-refractivity contribution in [2.45, 2.75) is 6.92 Å². The lowest BCUT2D eigenvalue weighted by molar-refractivity contribution is -0.122. The quantitative estimate of drug-likeness (QED) is 0.566. The van der Waals surface area contributed by atoms with Gasteiger partial charge in [0.25, 0.3) is 11.8 Å². The fourth-order valence-corrected chi connectivity index (χ4v) is 3.01. The maximum Gasteiger partial charge on any atom is 0.335 e. The minimum absolute atomic E-state index is 0.168. The molecule has 1 saturated heterocycles. The summed E-state index contributed by atoms with van der Waals surface area (Å²) in [5.74, 6) is -0.620. The van der Waals surface area contributed by atoms with Crippen molar-refractivity contribution in [1.82, 2.24) is 5.32 Å². The highest BCUT2D eigenvalue weighted by Gasteiger charge is 2.37. The molecule has 0 radical (unpaired) electrons. The third-order valence-electron chi connectivity index (χ3n) is 4.08. The van der Waals surface area contributed by atoms with E-state index in [-0.39, 0.29) is 21.3 Å². The minimum Gasteiger partial charge on any atom is -0.497 e. The Kier molecular flexibility index (Phi) is 6.10. The Morgan fingerprint density at radius 3 is 2.48 bits per heavy atom. The molecule has 0 saturated carbocycles. The molecule has 1 N–H and O–H groups in total. The van der Waals surface area contributed by atoms with E-state index in [1.54, 1.807) is 25.1 Å². The number of hydrogen-bond donors (Lipinski definition) is 1. The number of anilines is 1. The Morgan fingerprint density at radius 2 is 1.83 bits per heavy atom. The van der Waals surface area contributed by atoms with Gasteiger partial charge in [0.1, 0.15) is 17.1 Å². The number of nitrogens with one attached hydrogen (secondary N) is 1. The van der Waals surface area contributed by atoms with Crippen molar-refractivity contribution in [3.63, 3.8) is 0 Å². The van der Waals surface area contributed by atoms with Crippen LogP contribution in [0.4, 0.5) is 10.5 Å². The van der Waals surface area contributed by atoms with Crippen LogP contribution in [-0.2, 0) is 9.59 Å². The van der Waals surface area contributed by atoms with Crippen molar-refractivity contribution < 1.29 is 23.9 Å². The summed E-state index contributed by atoms with van der Waals surface area (Å²) in [4.78, 5) is 38.4. The number of benzene rings is 2. The number of carbonyl (C=O) groups excluding carboxylic acids is 3. The number of rotatable bonds is 5. The van der Waals surface area contributed by atoms with Gasteiger partial charge < -0.3 is 9.47 Å². The summed E-state index contributed by atoms with van der Waals surface area (Å²) in [5, 5.41) is 2.59. The SMILES string of the molecule is CCOc1cc(OC)ccc1/C=C1\C(=O)NC(=O)N(c2ccc(Cl)c(Cl)c2)C1=O. The van der Waals surface area contributed by atoms with Gasteiger partial charge in [0.05, 0.1) is 29.4 Å². The van der Waals surface area contributed by atoms with E-state index in [2.05, 4.69) is 5.32 Å². The van der Waals surface area contributed by atoms with Crippen LogP contribution in [0.5, 0.6) is 11.5 Å². The Labute approximate surface area is 176 Å². The molecule has 1 aliphatic rings. The largest absolute Gasteiger partial charge is 0.497 e. The Balaban J connectivity index is 2.05. The number of barbiturate groups is 1. The van der Waals surface area contributed by atoms with E-state index in [9.17, 15) is 14.4 Å². The predicted octanol–water partition coefficient (Wildman–Crippen LogP) is 4.07. The standard InChI is InChI=1S/C20H16Cl2N2O5/c1-3-29-17-10-13(28-2)6-4-11(17)8-14-18(25)23-20(27)24(19(14)26)12-5-7-15(21)16(22)9-12/h4-10H,3H2,1-2H3,(H,23,25,27)/b14-8+. The lowest BCUT2D eigenvalue weighted by Crippen LogP contribution is -2.54. The molecule has 1 heterocycles. The number of amides is 4. The van der Waals surface area contributed by atoms with Crippen molar-refractivity contribution in [3.8, 4) is 11.5 Å². The Bertz CT molecular complexity index is 1040. The molecule has 0 spiro atoms. The van der Waals surface area contributed by atoms with Crippen LogP contribution in [0.2, 0.25) is 10.0 Å². The third-order valence-corrected chi connectivity index (χ3v) is 4.82. The van der Waals surface area contributed by atoms with Gasteiger partial charge in [-0.05, 0) is 43.3 Å². The second-order valence-electron chi connectivity index (χ2n) is 5.89. The summed E-state index contributed by atoms with van der Waals surface area (Å²) in [6, 6.07) is 8.36. The molecular weight excluding hydrogens is 419 g/mol. The highest BCUT2D eigenvalue weighted by molar-refractivity contribution is 6.43. The summed E-state index contributed by atoms with van der Waals surface area (Å²) < 4.78 is 10.7. The molecule has 0 unspecified atom stereocenters. The summed E-state index contributed by atoms with van der Waals surface area (Å²) in [6.07, 6.45) is 1.36. The lowest BCUT2D eigenvalue weighted by Gasteiger charge is -2.26. The van der Waals surface area contributed by atoms with Gasteiger partial charge in [-0.2, -0.15) is 0 Å². The van der Waals surface area contributed by atoms with Gasteiger partial charge in [0, 0.05) is 11.6 Å². The van der Waals surface area contributed by atoms with Crippen LogP contribution in [0.1, 0.15) is 12.5 Å². The first-order valence-corrected chi connectivity index (χ1v) is 9.28. The van der Waals surface area contributed by atoms with E-state index < -0.39 is 17.8 Å². The number of ether oxygens (including phenoxy) is 2. The Hall–Kier alpha value is -3.03. The maximum atomic E-state index is 13.0. The van der Waals surface area contributed by atoms with Crippen LogP contribution in [0, 0.1) is 0 Å². The van der Waals surface area contributed by atoms with Gasteiger partial charge in [-0.25, -0.2) is 9.69 Å². The van der Waals surface area contributed by atoms with Crippen molar-refractivity contribution >= 4 is 52.8 Å². The van der Waals surface area contributed by atoms with Crippen molar-refractivity contribution in [1.29, 1.82) is 0 Å². The van der Waals surface area contributed by atoms with Crippen LogP contribution in [-0.4, -0.2) is 31.6 Å². The van der Waals surface area contributed by atoms with Gasteiger partial charge in [-0.3, -0.25) is 14.9 Å². The summed E-state index contributed by atoms with van der Waals surface area (Å²) >= 11 is 11.9. The van der Waals surface area contributed by atoms with E-state index in [1.165, 1.54) is 31.4 Å². The van der Waals surface area contributed by atoms with Crippen LogP contribution < -0.4 is 19.7 Å². The number of halogens is 2. The molecule has 150 valence electrons. The first kappa shape index (κ1) is 20.7. The van der Waals surface area contributed by atoms with Crippen LogP contribution >= 0.6 is 23.2 Å². The summed E-state index contributed by atoms with van der Waals surface area (Å²) in [6.45, 7) is 2.18. The minimum atomic E-state index is -0.879. The second-order valence-corrected chi connectivity index (χ2v) is 6.71. The average Bonchev–Trinajstić information content (AvgIpc) is 2.68. The van der Waals surface area contributed by atoms with E-state index in [0.29, 0.717) is 23.7 Å². The molecule has 1 aliphatic heterocycles. The molecular formula is C20H16Cl2N2O5. The number of methoxy groups -OCH3 is 1. The third kappa shape index (κ3) is 4.21. The monoisotopic (exact) mass is 434 g/mol. The molecule has 7 nitrogen and oxygen atoms in total. The molecule has 0 aromatic heterocycles. The van der Waals surface area contributed by atoms with Gasteiger partial charge in [0.15, 0.2) is 0 Å². The van der Waals surface area contributed by atoms with Crippen LogP contribution in [0.3, 0.4) is 0 Å². The zero-order valence-electron chi connectivity index (χ0n) is 15.5. The normalized spacial score (nSPS) is 15.5. The van der Waals surface area contributed by atoms with Gasteiger partial charge in [0.2, 0.25) is 0 Å². The molecule has 1 fully saturated rings.